The van der Waals surface area contributed by atoms with E-state index < -0.39 is 0 Å². The summed E-state index contributed by atoms with van der Waals surface area (Å²) < 4.78 is 0. The van der Waals surface area contributed by atoms with Crippen LogP contribution in [0, 0.1) is 6.92 Å². The minimum absolute atomic E-state index is 0.0723. The number of unbranched alkanes of at least 4 members (excludes halogenated alkanes) is 2. The number of alkyl halides is 1. The maximum Gasteiger partial charge on any atom is 0.116 e. The summed E-state index contributed by atoms with van der Waals surface area (Å²) >= 11 is 6.08. The van der Waals surface area contributed by atoms with Gasteiger partial charge in [-0.3, -0.25) is 0 Å². The molecule has 0 saturated heterocycles. The molecule has 0 heterocycles. The summed E-state index contributed by atoms with van der Waals surface area (Å²) in [5.74, 6) is 0.860. The first-order chi connectivity index (χ1) is 8.42. The van der Waals surface area contributed by atoms with E-state index in [1.807, 2.05) is 13.0 Å². The summed E-state index contributed by atoms with van der Waals surface area (Å²) in [6, 6.07) is 3.68. The van der Waals surface area contributed by atoms with E-state index >= 15 is 0 Å². The standard InChI is InChI=1S/C16H25ClO/c1-5-6-7-8-16(3,4)15-10-13(18)9-12(2)14(15)11-17/h9-10,18H,5-8,11H2,1-4H3. The molecule has 0 saturated carbocycles. The number of benzene rings is 1. The molecule has 0 bridgehead atoms. The van der Waals surface area contributed by atoms with Crippen LogP contribution in [-0.2, 0) is 11.3 Å². The number of rotatable bonds is 6. The first-order valence-corrected chi connectivity index (χ1v) is 7.34. The molecule has 0 aliphatic carbocycles. The van der Waals surface area contributed by atoms with E-state index in [2.05, 4.69) is 20.8 Å². The molecule has 1 rings (SSSR count). The van der Waals surface area contributed by atoms with E-state index in [0.717, 1.165) is 12.0 Å². The van der Waals surface area contributed by atoms with Crippen LogP contribution in [-0.4, -0.2) is 5.11 Å². The van der Waals surface area contributed by atoms with Crippen LogP contribution >= 0.6 is 11.6 Å². The Bertz CT molecular complexity index is 396. The van der Waals surface area contributed by atoms with Gasteiger partial charge in [-0.05, 0) is 47.6 Å². The van der Waals surface area contributed by atoms with Crippen molar-refractivity contribution in [2.24, 2.45) is 0 Å². The lowest BCUT2D eigenvalue weighted by molar-refractivity contribution is 0.437. The van der Waals surface area contributed by atoms with Gasteiger partial charge in [0.15, 0.2) is 0 Å². The predicted molar refractivity (Wildman–Crippen MR) is 79.6 cm³/mol. The Labute approximate surface area is 116 Å². The molecule has 0 aliphatic rings. The van der Waals surface area contributed by atoms with Gasteiger partial charge in [-0.15, -0.1) is 11.6 Å². The lowest BCUT2D eigenvalue weighted by Crippen LogP contribution is -2.19. The Morgan fingerprint density at radius 3 is 2.44 bits per heavy atom. The van der Waals surface area contributed by atoms with Gasteiger partial charge in [0, 0.05) is 5.88 Å². The SMILES string of the molecule is CCCCCC(C)(C)c1cc(O)cc(C)c1CCl. The minimum Gasteiger partial charge on any atom is -0.508 e. The van der Waals surface area contributed by atoms with Gasteiger partial charge in [0.05, 0.1) is 0 Å². The van der Waals surface area contributed by atoms with E-state index in [9.17, 15) is 5.11 Å². The van der Waals surface area contributed by atoms with Gasteiger partial charge in [-0.2, -0.15) is 0 Å². The lowest BCUT2D eigenvalue weighted by atomic mass is 9.77. The Morgan fingerprint density at radius 2 is 1.89 bits per heavy atom. The summed E-state index contributed by atoms with van der Waals surface area (Å²) in [5, 5.41) is 9.81. The van der Waals surface area contributed by atoms with E-state index in [1.165, 1.54) is 30.4 Å². The molecule has 1 aromatic rings. The number of halogens is 1. The second kappa shape index (κ2) is 6.47. The first kappa shape index (κ1) is 15.4. The van der Waals surface area contributed by atoms with Crippen molar-refractivity contribution in [1.82, 2.24) is 0 Å². The number of aryl methyl sites for hydroxylation is 1. The van der Waals surface area contributed by atoms with Gasteiger partial charge in [0.2, 0.25) is 0 Å². The Morgan fingerprint density at radius 1 is 1.22 bits per heavy atom. The van der Waals surface area contributed by atoms with Crippen LogP contribution in [0.5, 0.6) is 5.75 Å². The molecule has 0 spiro atoms. The van der Waals surface area contributed by atoms with Crippen molar-refractivity contribution in [3.63, 3.8) is 0 Å². The zero-order chi connectivity index (χ0) is 13.8. The molecule has 0 radical (unpaired) electrons. The minimum atomic E-state index is 0.0723. The van der Waals surface area contributed by atoms with Crippen LogP contribution < -0.4 is 0 Å². The summed E-state index contributed by atoms with van der Waals surface area (Å²) in [6.45, 7) is 8.72. The van der Waals surface area contributed by atoms with E-state index in [0.29, 0.717) is 11.6 Å². The molecule has 18 heavy (non-hydrogen) atoms. The third-order valence-corrected chi connectivity index (χ3v) is 3.99. The molecule has 1 N–H and O–H groups in total. The maximum atomic E-state index is 9.81. The normalized spacial score (nSPS) is 11.8. The monoisotopic (exact) mass is 268 g/mol. The molecule has 1 aromatic carbocycles. The highest BCUT2D eigenvalue weighted by molar-refractivity contribution is 6.17. The van der Waals surface area contributed by atoms with Gasteiger partial charge in [0.1, 0.15) is 5.75 Å². The number of hydrogen-bond acceptors (Lipinski definition) is 1. The van der Waals surface area contributed by atoms with Crippen LogP contribution in [0.2, 0.25) is 0 Å². The van der Waals surface area contributed by atoms with Crippen molar-refractivity contribution in [2.45, 2.75) is 64.7 Å². The molecule has 1 nitrogen and oxygen atoms in total. The fourth-order valence-electron chi connectivity index (χ4n) is 2.53. The summed E-state index contributed by atoms with van der Waals surface area (Å²) in [7, 11) is 0. The predicted octanol–water partition coefficient (Wildman–Crippen LogP) is 5.30. The van der Waals surface area contributed by atoms with Gasteiger partial charge in [-0.1, -0.05) is 40.0 Å². The van der Waals surface area contributed by atoms with Crippen molar-refractivity contribution < 1.29 is 5.11 Å². The highest BCUT2D eigenvalue weighted by Gasteiger charge is 2.24. The highest BCUT2D eigenvalue weighted by Crippen LogP contribution is 2.36. The zero-order valence-electron chi connectivity index (χ0n) is 12.0. The fourth-order valence-corrected chi connectivity index (χ4v) is 2.89. The zero-order valence-corrected chi connectivity index (χ0v) is 12.8. The second-order valence-corrected chi connectivity index (χ2v) is 6.03. The maximum absolute atomic E-state index is 9.81. The molecule has 102 valence electrons. The van der Waals surface area contributed by atoms with Gasteiger partial charge in [0.25, 0.3) is 0 Å². The second-order valence-electron chi connectivity index (χ2n) is 5.76. The van der Waals surface area contributed by atoms with Gasteiger partial charge < -0.3 is 5.11 Å². The molecule has 0 amide bonds. The summed E-state index contributed by atoms with van der Waals surface area (Å²) in [4.78, 5) is 0. The lowest BCUT2D eigenvalue weighted by Gasteiger charge is -2.28. The quantitative estimate of drug-likeness (QED) is 0.548. The van der Waals surface area contributed by atoms with Gasteiger partial charge >= 0.3 is 0 Å². The van der Waals surface area contributed by atoms with E-state index in [4.69, 9.17) is 11.6 Å². The van der Waals surface area contributed by atoms with Crippen molar-refractivity contribution in [1.29, 1.82) is 0 Å². The fraction of sp³-hybridized carbons (Fsp3) is 0.625. The molecular formula is C16H25ClO. The number of aromatic hydroxyl groups is 1. The average molecular weight is 269 g/mol. The Hall–Kier alpha value is -0.690. The molecule has 0 aliphatic heterocycles. The third-order valence-electron chi connectivity index (χ3n) is 3.73. The average Bonchev–Trinajstić information content (AvgIpc) is 2.28. The summed E-state index contributed by atoms with van der Waals surface area (Å²) in [5.41, 5.74) is 3.54. The summed E-state index contributed by atoms with van der Waals surface area (Å²) in [6.07, 6.45) is 4.85. The van der Waals surface area contributed by atoms with Crippen LogP contribution in [0.4, 0.5) is 0 Å². The topological polar surface area (TPSA) is 20.2 Å². The molecular weight excluding hydrogens is 244 g/mol. The number of phenolic OH excluding ortho intramolecular Hbond substituents is 1. The van der Waals surface area contributed by atoms with E-state index in [1.54, 1.807) is 6.07 Å². The molecule has 0 aromatic heterocycles. The highest BCUT2D eigenvalue weighted by atomic mass is 35.5. The first-order valence-electron chi connectivity index (χ1n) is 6.81. The Balaban J connectivity index is 3.05. The van der Waals surface area contributed by atoms with Gasteiger partial charge in [-0.25, -0.2) is 0 Å². The van der Waals surface area contributed by atoms with Crippen molar-refractivity contribution in [3.05, 3.63) is 28.8 Å². The molecule has 0 unspecified atom stereocenters. The Kier molecular flexibility index (Phi) is 5.52. The van der Waals surface area contributed by atoms with Crippen LogP contribution in [0.15, 0.2) is 12.1 Å². The van der Waals surface area contributed by atoms with Crippen LogP contribution in [0.3, 0.4) is 0 Å². The van der Waals surface area contributed by atoms with Crippen LogP contribution in [0.25, 0.3) is 0 Å². The van der Waals surface area contributed by atoms with E-state index in [-0.39, 0.29) is 5.41 Å². The molecule has 0 fully saturated rings. The molecule has 2 heteroatoms. The molecule has 0 atom stereocenters. The van der Waals surface area contributed by atoms with Crippen LogP contribution in [0.1, 0.15) is 63.1 Å². The van der Waals surface area contributed by atoms with Crippen molar-refractivity contribution in [2.75, 3.05) is 0 Å². The van der Waals surface area contributed by atoms with Crippen molar-refractivity contribution in [3.8, 4) is 5.75 Å². The number of hydrogen-bond donors (Lipinski definition) is 1. The largest absolute Gasteiger partial charge is 0.508 e. The number of phenols is 1. The van der Waals surface area contributed by atoms with Crippen molar-refractivity contribution >= 4 is 11.6 Å². The smallest absolute Gasteiger partial charge is 0.116 e. The third kappa shape index (κ3) is 3.65.